The molecule has 0 bridgehead atoms. The first-order valence-electron chi connectivity index (χ1n) is 10.6. The summed E-state index contributed by atoms with van der Waals surface area (Å²) >= 11 is 0. The van der Waals surface area contributed by atoms with Crippen LogP contribution in [0.3, 0.4) is 0 Å². The van der Waals surface area contributed by atoms with Crippen LogP contribution >= 0.6 is 0 Å². The Morgan fingerprint density at radius 3 is 2.14 bits per heavy atom. The molecule has 2 aliphatic rings. The van der Waals surface area contributed by atoms with E-state index in [9.17, 15) is 9.59 Å². The summed E-state index contributed by atoms with van der Waals surface area (Å²) in [7, 11) is 0. The molecule has 0 radical (unpaired) electrons. The molecule has 1 saturated heterocycles. The van der Waals surface area contributed by atoms with Crippen LogP contribution in [-0.4, -0.2) is 57.6 Å². The second kappa shape index (κ2) is 7.69. The Hall–Kier alpha value is -2.57. The maximum absolute atomic E-state index is 13.2. The molecule has 2 aromatic rings. The molecule has 29 heavy (non-hydrogen) atoms. The summed E-state index contributed by atoms with van der Waals surface area (Å²) in [5.74, 6) is 2.37. The average molecular weight is 399 g/mol. The summed E-state index contributed by atoms with van der Waals surface area (Å²) in [5, 5.41) is 4.52. The van der Waals surface area contributed by atoms with Crippen molar-refractivity contribution >= 4 is 11.8 Å². The van der Waals surface area contributed by atoms with Crippen LogP contribution < -0.4 is 0 Å². The molecule has 1 aliphatic heterocycles. The number of carbonyl (C=O) groups excluding carboxylic acids is 2. The molecule has 2 amide bonds. The lowest BCUT2D eigenvalue weighted by molar-refractivity contribution is 0.0533. The normalized spacial score (nSPS) is 17.3. The molecule has 0 aromatic carbocycles. The van der Waals surface area contributed by atoms with Crippen LogP contribution in [0.4, 0.5) is 0 Å². The lowest BCUT2D eigenvalue weighted by Crippen LogP contribution is -2.50. The van der Waals surface area contributed by atoms with Crippen LogP contribution in [-0.2, 0) is 6.54 Å². The van der Waals surface area contributed by atoms with Crippen LogP contribution in [0.5, 0.6) is 0 Å². The topological polar surface area (TPSA) is 71.6 Å². The maximum atomic E-state index is 13.2. The Labute approximate surface area is 171 Å². The van der Waals surface area contributed by atoms with Gasteiger partial charge in [0.25, 0.3) is 11.8 Å². The average Bonchev–Trinajstić information content (AvgIpc) is 3.35. The van der Waals surface area contributed by atoms with Gasteiger partial charge in [-0.1, -0.05) is 13.8 Å². The van der Waals surface area contributed by atoms with E-state index in [4.69, 9.17) is 4.42 Å². The van der Waals surface area contributed by atoms with Crippen molar-refractivity contribution in [2.24, 2.45) is 5.92 Å². The van der Waals surface area contributed by atoms with Crippen LogP contribution in [0.25, 0.3) is 0 Å². The van der Waals surface area contributed by atoms with Crippen molar-refractivity contribution in [3.8, 4) is 0 Å². The van der Waals surface area contributed by atoms with E-state index < -0.39 is 0 Å². The number of amides is 2. The van der Waals surface area contributed by atoms with E-state index >= 15 is 0 Å². The van der Waals surface area contributed by atoms with Gasteiger partial charge in [0, 0.05) is 38.6 Å². The van der Waals surface area contributed by atoms with Crippen molar-refractivity contribution in [2.45, 2.75) is 53.0 Å². The highest BCUT2D eigenvalue weighted by Crippen LogP contribution is 2.42. The van der Waals surface area contributed by atoms with E-state index in [1.165, 1.54) is 0 Å². The minimum atomic E-state index is -0.0186. The second-order valence-corrected chi connectivity index (χ2v) is 8.71. The smallest absolute Gasteiger partial charge is 0.257 e. The van der Waals surface area contributed by atoms with Crippen molar-refractivity contribution < 1.29 is 14.0 Å². The largest absolute Gasteiger partial charge is 0.466 e. The van der Waals surface area contributed by atoms with Gasteiger partial charge in [-0.3, -0.25) is 14.3 Å². The SMILES string of the molecule is Cc1cc(C(=O)N2CCN(C(=O)c3cnn(CC(C)C)c3C3CC3)CC2)c(C)o1. The van der Waals surface area contributed by atoms with Gasteiger partial charge in [0.2, 0.25) is 0 Å². The maximum Gasteiger partial charge on any atom is 0.257 e. The zero-order valence-corrected chi connectivity index (χ0v) is 17.8. The molecule has 7 nitrogen and oxygen atoms in total. The van der Waals surface area contributed by atoms with Gasteiger partial charge in [-0.15, -0.1) is 0 Å². The first kappa shape index (κ1) is 19.7. The quantitative estimate of drug-likeness (QED) is 0.775. The first-order chi connectivity index (χ1) is 13.8. The van der Waals surface area contributed by atoms with Crippen molar-refractivity contribution in [1.82, 2.24) is 19.6 Å². The van der Waals surface area contributed by atoms with Gasteiger partial charge in [-0.25, -0.2) is 0 Å². The molecule has 7 heteroatoms. The lowest BCUT2D eigenvalue weighted by atomic mass is 10.1. The number of nitrogens with zero attached hydrogens (tertiary/aromatic N) is 4. The third kappa shape index (κ3) is 3.95. The Morgan fingerprint density at radius 1 is 1.07 bits per heavy atom. The number of hydrogen-bond donors (Lipinski definition) is 0. The standard InChI is InChI=1S/C22H30N4O3/c1-14(2)13-26-20(17-5-6-17)19(12-23-26)22(28)25-9-7-24(8-10-25)21(27)18-11-15(3)29-16(18)4/h11-12,14,17H,5-10,13H2,1-4H3. The molecular weight excluding hydrogens is 368 g/mol. The summed E-state index contributed by atoms with van der Waals surface area (Å²) in [6.45, 7) is 11.0. The molecule has 3 heterocycles. The Morgan fingerprint density at radius 2 is 1.66 bits per heavy atom. The predicted molar refractivity (Wildman–Crippen MR) is 109 cm³/mol. The Balaban J connectivity index is 1.44. The predicted octanol–water partition coefficient (Wildman–Crippen LogP) is 3.22. The van der Waals surface area contributed by atoms with E-state index in [0.29, 0.717) is 49.3 Å². The van der Waals surface area contributed by atoms with Crippen LogP contribution in [0, 0.1) is 19.8 Å². The third-order valence-corrected chi connectivity index (χ3v) is 5.74. The molecular formula is C22H30N4O3. The summed E-state index contributed by atoms with van der Waals surface area (Å²) in [4.78, 5) is 29.7. The van der Waals surface area contributed by atoms with E-state index in [2.05, 4.69) is 18.9 Å². The first-order valence-corrected chi connectivity index (χ1v) is 10.6. The van der Waals surface area contributed by atoms with Crippen LogP contribution in [0.15, 0.2) is 16.7 Å². The molecule has 1 aliphatic carbocycles. The van der Waals surface area contributed by atoms with Gasteiger partial charge >= 0.3 is 0 Å². The zero-order valence-electron chi connectivity index (χ0n) is 17.8. The van der Waals surface area contributed by atoms with Gasteiger partial charge in [-0.2, -0.15) is 5.10 Å². The minimum Gasteiger partial charge on any atom is -0.466 e. The van der Waals surface area contributed by atoms with Crippen molar-refractivity contribution in [3.63, 3.8) is 0 Å². The fourth-order valence-corrected chi connectivity index (χ4v) is 4.13. The summed E-state index contributed by atoms with van der Waals surface area (Å²) in [6.07, 6.45) is 4.01. The number of hydrogen-bond acceptors (Lipinski definition) is 4. The van der Waals surface area contributed by atoms with Crippen molar-refractivity contribution in [1.29, 1.82) is 0 Å². The fraction of sp³-hybridized carbons (Fsp3) is 0.591. The highest BCUT2D eigenvalue weighted by atomic mass is 16.3. The second-order valence-electron chi connectivity index (χ2n) is 8.71. The van der Waals surface area contributed by atoms with Crippen molar-refractivity contribution in [3.05, 3.63) is 40.6 Å². The lowest BCUT2D eigenvalue weighted by Gasteiger charge is -2.34. The molecule has 2 aromatic heterocycles. The summed E-state index contributed by atoms with van der Waals surface area (Å²) in [6, 6.07) is 1.79. The molecule has 156 valence electrons. The van der Waals surface area contributed by atoms with Gasteiger partial charge in [-0.05, 0) is 38.7 Å². The van der Waals surface area contributed by atoms with E-state index in [-0.39, 0.29) is 11.8 Å². The third-order valence-electron chi connectivity index (χ3n) is 5.74. The number of piperazine rings is 1. The van der Waals surface area contributed by atoms with Gasteiger partial charge in [0.1, 0.15) is 11.5 Å². The van der Waals surface area contributed by atoms with Crippen LogP contribution in [0.2, 0.25) is 0 Å². The minimum absolute atomic E-state index is 0.0186. The molecule has 0 unspecified atom stereocenters. The number of aryl methyl sites for hydroxylation is 2. The molecule has 0 N–H and O–H groups in total. The highest BCUT2D eigenvalue weighted by molar-refractivity contribution is 5.97. The highest BCUT2D eigenvalue weighted by Gasteiger charge is 2.35. The van der Waals surface area contributed by atoms with Gasteiger partial charge in [0.15, 0.2) is 0 Å². The van der Waals surface area contributed by atoms with E-state index in [0.717, 1.165) is 36.4 Å². The fourth-order valence-electron chi connectivity index (χ4n) is 4.13. The van der Waals surface area contributed by atoms with Crippen LogP contribution in [0.1, 0.15) is 70.5 Å². The molecule has 2 fully saturated rings. The summed E-state index contributed by atoms with van der Waals surface area (Å²) < 4.78 is 7.52. The Bertz CT molecular complexity index is 915. The van der Waals surface area contributed by atoms with Gasteiger partial charge < -0.3 is 14.2 Å². The summed E-state index contributed by atoms with van der Waals surface area (Å²) in [5.41, 5.74) is 2.47. The number of aromatic nitrogens is 2. The zero-order chi connectivity index (χ0) is 20.7. The van der Waals surface area contributed by atoms with E-state index in [1.54, 1.807) is 12.3 Å². The Kier molecular flexibility index (Phi) is 5.23. The molecule has 0 atom stereocenters. The van der Waals surface area contributed by atoms with E-state index in [1.807, 2.05) is 28.3 Å². The number of rotatable bonds is 5. The number of furan rings is 1. The van der Waals surface area contributed by atoms with Gasteiger partial charge in [0.05, 0.1) is 23.0 Å². The number of carbonyl (C=O) groups is 2. The molecule has 0 spiro atoms. The molecule has 1 saturated carbocycles. The molecule has 4 rings (SSSR count). The monoisotopic (exact) mass is 398 g/mol. The van der Waals surface area contributed by atoms with Crippen molar-refractivity contribution in [2.75, 3.05) is 26.2 Å².